The van der Waals surface area contributed by atoms with Crippen LogP contribution in [0.2, 0.25) is 5.02 Å². The third kappa shape index (κ3) is 2.83. The van der Waals surface area contributed by atoms with Gasteiger partial charge in [-0.25, -0.2) is 0 Å². The molecule has 0 saturated heterocycles. The minimum absolute atomic E-state index is 0.277. The lowest BCUT2D eigenvalue weighted by Crippen LogP contribution is -2.18. The molecule has 0 aromatic heterocycles. The average Bonchev–Trinajstić information content (AvgIpc) is 2.92. The molecule has 5 nitrogen and oxygen atoms in total. The van der Waals surface area contributed by atoms with E-state index < -0.39 is 23.2 Å². The van der Waals surface area contributed by atoms with Crippen LogP contribution in [-0.2, 0) is 9.59 Å². The Balaban J connectivity index is 2.11. The van der Waals surface area contributed by atoms with Crippen LogP contribution in [0.3, 0.4) is 0 Å². The van der Waals surface area contributed by atoms with Crippen molar-refractivity contribution >= 4 is 34.9 Å². The highest BCUT2D eigenvalue weighted by Crippen LogP contribution is 2.58. The number of hydrogen-bond acceptors (Lipinski definition) is 3. The summed E-state index contributed by atoms with van der Waals surface area (Å²) in [6, 6.07) is 5.23. The Hall–Kier alpha value is -1.75. The Bertz CT molecular complexity index is 599. The fourth-order valence-corrected chi connectivity index (χ4v) is 3.10. The van der Waals surface area contributed by atoms with E-state index in [1.54, 1.807) is 26.0 Å². The van der Waals surface area contributed by atoms with Gasteiger partial charge in [-0.05, 0) is 23.6 Å². The van der Waals surface area contributed by atoms with Gasteiger partial charge in [-0.2, -0.15) is 0 Å². The van der Waals surface area contributed by atoms with Crippen molar-refractivity contribution in [3.63, 3.8) is 0 Å². The van der Waals surface area contributed by atoms with Crippen LogP contribution in [0.4, 0.5) is 11.4 Å². The summed E-state index contributed by atoms with van der Waals surface area (Å²) >= 11 is 6.15. The van der Waals surface area contributed by atoms with Crippen molar-refractivity contribution in [2.24, 2.45) is 17.3 Å². The molecular weight excluding hydrogens is 292 g/mol. The maximum Gasteiger partial charge on any atom is 0.307 e. The minimum Gasteiger partial charge on any atom is -0.481 e. The van der Waals surface area contributed by atoms with Gasteiger partial charge in [0.1, 0.15) is 0 Å². The Morgan fingerprint density at radius 3 is 2.33 bits per heavy atom. The standard InChI is InChI=1S/C15H19ClN2O3/c1-15(2)11(12(15)14(20)21)13(19)17-8-5-6-10(18(3)4)9(16)7-8/h5-7,11-12H,1-4H3,(H,17,19)(H,20,21). The second-order valence-corrected chi connectivity index (χ2v) is 6.57. The molecule has 1 aliphatic rings. The molecule has 1 aromatic carbocycles. The van der Waals surface area contributed by atoms with Gasteiger partial charge in [-0.15, -0.1) is 0 Å². The number of carboxylic acids is 1. The molecule has 2 unspecified atom stereocenters. The van der Waals surface area contributed by atoms with Gasteiger partial charge in [0.25, 0.3) is 0 Å². The highest BCUT2D eigenvalue weighted by molar-refractivity contribution is 6.33. The summed E-state index contributed by atoms with van der Waals surface area (Å²) in [4.78, 5) is 25.2. The zero-order valence-corrected chi connectivity index (χ0v) is 13.2. The maximum atomic E-state index is 12.2. The van der Waals surface area contributed by atoms with E-state index in [9.17, 15) is 9.59 Å². The number of aliphatic carboxylic acids is 1. The van der Waals surface area contributed by atoms with Gasteiger partial charge < -0.3 is 15.3 Å². The van der Waals surface area contributed by atoms with Gasteiger partial charge in [0, 0.05) is 19.8 Å². The summed E-state index contributed by atoms with van der Waals surface area (Å²) < 4.78 is 0. The molecule has 0 spiro atoms. The second kappa shape index (κ2) is 5.22. The van der Waals surface area contributed by atoms with Crippen molar-refractivity contribution in [2.45, 2.75) is 13.8 Å². The van der Waals surface area contributed by atoms with E-state index in [1.807, 2.05) is 25.1 Å². The molecule has 6 heteroatoms. The van der Waals surface area contributed by atoms with Crippen molar-refractivity contribution in [2.75, 3.05) is 24.3 Å². The number of halogens is 1. The minimum atomic E-state index is -0.930. The molecule has 0 radical (unpaired) electrons. The molecule has 114 valence electrons. The van der Waals surface area contributed by atoms with Crippen LogP contribution in [0.1, 0.15) is 13.8 Å². The lowest BCUT2D eigenvalue weighted by atomic mass is 10.1. The van der Waals surface area contributed by atoms with Gasteiger partial charge in [-0.1, -0.05) is 25.4 Å². The molecule has 1 aromatic rings. The zero-order chi connectivity index (χ0) is 15.9. The van der Waals surface area contributed by atoms with E-state index in [0.29, 0.717) is 10.7 Å². The Morgan fingerprint density at radius 2 is 1.90 bits per heavy atom. The Labute approximate surface area is 128 Å². The number of amides is 1. The van der Waals surface area contributed by atoms with Crippen molar-refractivity contribution in [1.82, 2.24) is 0 Å². The van der Waals surface area contributed by atoms with E-state index in [0.717, 1.165) is 5.69 Å². The molecule has 1 fully saturated rings. The van der Waals surface area contributed by atoms with E-state index in [2.05, 4.69) is 5.32 Å². The van der Waals surface area contributed by atoms with Crippen molar-refractivity contribution in [3.05, 3.63) is 23.2 Å². The first-order chi connectivity index (χ1) is 9.66. The van der Waals surface area contributed by atoms with Crippen molar-refractivity contribution in [3.8, 4) is 0 Å². The number of rotatable bonds is 4. The van der Waals surface area contributed by atoms with Gasteiger partial charge in [-0.3, -0.25) is 9.59 Å². The van der Waals surface area contributed by atoms with Gasteiger partial charge in [0.05, 0.1) is 22.5 Å². The number of benzene rings is 1. The van der Waals surface area contributed by atoms with Crippen molar-refractivity contribution < 1.29 is 14.7 Å². The monoisotopic (exact) mass is 310 g/mol. The largest absolute Gasteiger partial charge is 0.481 e. The van der Waals surface area contributed by atoms with Crippen LogP contribution in [0.25, 0.3) is 0 Å². The molecule has 0 heterocycles. The number of nitrogens with zero attached hydrogens (tertiary/aromatic N) is 1. The third-order valence-corrected chi connectivity index (χ3v) is 4.38. The van der Waals surface area contributed by atoms with E-state index in [1.165, 1.54) is 0 Å². The first-order valence-corrected chi connectivity index (χ1v) is 7.04. The summed E-state index contributed by atoms with van der Waals surface area (Å²) in [6.45, 7) is 3.58. The summed E-state index contributed by atoms with van der Waals surface area (Å²) in [5, 5.41) is 12.4. The lowest BCUT2D eigenvalue weighted by molar-refractivity contribution is -0.140. The number of anilines is 2. The molecule has 1 aliphatic carbocycles. The van der Waals surface area contributed by atoms with Gasteiger partial charge in [0.15, 0.2) is 0 Å². The SMILES string of the molecule is CN(C)c1ccc(NC(=O)C2C(C(=O)O)C2(C)C)cc1Cl. The number of carbonyl (C=O) groups is 2. The van der Waals surface area contributed by atoms with Crippen LogP contribution in [0, 0.1) is 17.3 Å². The van der Waals surface area contributed by atoms with Crippen LogP contribution >= 0.6 is 11.6 Å². The Morgan fingerprint density at radius 1 is 1.29 bits per heavy atom. The summed E-state index contributed by atoms with van der Waals surface area (Å²) in [6.07, 6.45) is 0. The molecule has 0 bridgehead atoms. The van der Waals surface area contributed by atoms with Gasteiger partial charge >= 0.3 is 5.97 Å². The maximum absolute atomic E-state index is 12.2. The predicted molar refractivity (Wildman–Crippen MR) is 82.8 cm³/mol. The van der Waals surface area contributed by atoms with Crippen LogP contribution in [0.15, 0.2) is 18.2 Å². The molecule has 2 N–H and O–H groups in total. The average molecular weight is 311 g/mol. The molecule has 1 saturated carbocycles. The quantitative estimate of drug-likeness (QED) is 0.897. The molecule has 2 rings (SSSR count). The molecule has 1 amide bonds. The number of hydrogen-bond donors (Lipinski definition) is 2. The fraction of sp³-hybridized carbons (Fsp3) is 0.467. The van der Waals surface area contributed by atoms with Crippen LogP contribution in [0.5, 0.6) is 0 Å². The van der Waals surface area contributed by atoms with Gasteiger partial charge in [0.2, 0.25) is 5.91 Å². The van der Waals surface area contributed by atoms with Crippen molar-refractivity contribution in [1.29, 1.82) is 0 Å². The van der Waals surface area contributed by atoms with E-state index in [-0.39, 0.29) is 5.91 Å². The first kappa shape index (κ1) is 15.6. The lowest BCUT2D eigenvalue weighted by Gasteiger charge is -2.15. The Kier molecular flexibility index (Phi) is 3.89. The first-order valence-electron chi connectivity index (χ1n) is 6.66. The molecule has 0 aliphatic heterocycles. The topological polar surface area (TPSA) is 69.6 Å². The van der Waals surface area contributed by atoms with Crippen LogP contribution < -0.4 is 10.2 Å². The molecular formula is C15H19ClN2O3. The highest BCUT2D eigenvalue weighted by atomic mass is 35.5. The summed E-state index contributed by atoms with van der Waals surface area (Å²) in [7, 11) is 3.76. The number of nitrogens with one attached hydrogen (secondary N) is 1. The molecule has 21 heavy (non-hydrogen) atoms. The highest BCUT2D eigenvalue weighted by Gasteiger charge is 2.65. The number of carboxylic acid groups (broad SMARTS) is 1. The summed E-state index contributed by atoms with van der Waals surface area (Å²) in [5.41, 5.74) is 0.913. The normalized spacial score (nSPS) is 22.5. The second-order valence-electron chi connectivity index (χ2n) is 6.16. The summed E-state index contributed by atoms with van der Waals surface area (Å²) in [5.74, 6) is -2.35. The smallest absolute Gasteiger partial charge is 0.307 e. The zero-order valence-electron chi connectivity index (χ0n) is 12.5. The number of carbonyl (C=O) groups excluding carboxylic acids is 1. The third-order valence-electron chi connectivity index (χ3n) is 4.07. The van der Waals surface area contributed by atoms with Crippen LogP contribution in [-0.4, -0.2) is 31.1 Å². The van der Waals surface area contributed by atoms with E-state index >= 15 is 0 Å². The van der Waals surface area contributed by atoms with E-state index in [4.69, 9.17) is 16.7 Å². The fourth-order valence-electron chi connectivity index (χ4n) is 2.76. The molecule has 2 atom stereocenters. The predicted octanol–water partition coefficient (Wildman–Crippen LogP) is 2.70.